The SMILES string of the molecule is COc1ccccc1-c1ccc(CC2(C(N)=O)CCN(Cc3ccccc3)C2)cc1. The molecule has 4 heteroatoms. The quantitative estimate of drug-likeness (QED) is 0.644. The molecule has 4 rings (SSSR count). The lowest BCUT2D eigenvalue weighted by atomic mass is 9.80. The minimum Gasteiger partial charge on any atom is -0.496 e. The predicted molar refractivity (Wildman–Crippen MR) is 120 cm³/mol. The van der Waals surface area contributed by atoms with Gasteiger partial charge in [0.1, 0.15) is 5.75 Å². The number of ether oxygens (including phenoxy) is 1. The summed E-state index contributed by atoms with van der Waals surface area (Å²) in [6.07, 6.45) is 1.46. The van der Waals surface area contributed by atoms with Gasteiger partial charge in [-0.05, 0) is 42.1 Å². The second-order valence-electron chi connectivity index (χ2n) is 8.16. The maximum Gasteiger partial charge on any atom is 0.225 e. The molecule has 3 aromatic rings. The van der Waals surface area contributed by atoms with Crippen molar-refractivity contribution in [2.24, 2.45) is 11.1 Å². The summed E-state index contributed by atoms with van der Waals surface area (Å²) in [6, 6.07) is 26.8. The fourth-order valence-corrected chi connectivity index (χ4v) is 4.44. The minimum atomic E-state index is -0.513. The molecule has 154 valence electrons. The Kier molecular flexibility index (Phi) is 5.86. The number of amides is 1. The Bertz CT molecular complexity index is 1000. The number of methoxy groups -OCH3 is 1. The molecule has 0 aromatic heterocycles. The highest BCUT2D eigenvalue weighted by atomic mass is 16.5. The number of likely N-dealkylation sites (tertiary alicyclic amines) is 1. The van der Waals surface area contributed by atoms with Gasteiger partial charge in [-0.25, -0.2) is 0 Å². The molecular formula is C26H28N2O2. The van der Waals surface area contributed by atoms with Crippen molar-refractivity contribution in [2.45, 2.75) is 19.4 Å². The van der Waals surface area contributed by atoms with Gasteiger partial charge in [0.05, 0.1) is 12.5 Å². The summed E-state index contributed by atoms with van der Waals surface area (Å²) in [5, 5.41) is 0. The Morgan fingerprint density at radius 1 is 0.967 bits per heavy atom. The van der Waals surface area contributed by atoms with Crippen molar-refractivity contribution in [1.82, 2.24) is 4.90 Å². The summed E-state index contributed by atoms with van der Waals surface area (Å²) in [5.41, 5.74) is 9.96. The average molecular weight is 401 g/mol. The molecular weight excluding hydrogens is 372 g/mol. The Balaban J connectivity index is 1.49. The number of para-hydroxylation sites is 1. The molecule has 1 heterocycles. The summed E-state index contributed by atoms with van der Waals surface area (Å²) in [7, 11) is 1.69. The molecule has 0 radical (unpaired) electrons. The lowest BCUT2D eigenvalue weighted by molar-refractivity contribution is -0.127. The number of rotatable bonds is 7. The van der Waals surface area contributed by atoms with Crippen molar-refractivity contribution in [2.75, 3.05) is 20.2 Å². The van der Waals surface area contributed by atoms with Gasteiger partial charge in [-0.15, -0.1) is 0 Å². The van der Waals surface area contributed by atoms with Crippen LogP contribution in [0.3, 0.4) is 0 Å². The Hall–Kier alpha value is -3.11. The third kappa shape index (κ3) is 4.24. The lowest BCUT2D eigenvalue weighted by Crippen LogP contribution is -2.41. The van der Waals surface area contributed by atoms with Crippen LogP contribution in [0.25, 0.3) is 11.1 Å². The van der Waals surface area contributed by atoms with E-state index in [2.05, 4.69) is 59.5 Å². The van der Waals surface area contributed by atoms with E-state index >= 15 is 0 Å². The maximum absolute atomic E-state index is 12.5. The molecule has 0 bridgehead atoms. The van der Waals surface area contributed by atoms with Gasteiger partial charge in [0.25, 0.3) is 0 Å². The van der Waals surface area contributed by atoms with Gasteiger partial charge in [0.15, 0.2) is 0 Å². The van der Waals surface area contributed by atoms with E-state index in [0.29, 0.717) is 13.0 Å². The Morgan fingerprint density at radius 3 is 2.37 bits per heavy atom. The highest BCUT2D eigenvalue weighted by Crippen LogP contribution is 2.36. The van der Waals surface area contributed by atoms with Gasteiger partial charge in [0.2, 0.25) is 5.91 Å². The summed E-state index contributed by atoms with van der Waals surface area (Å²) in [5.74, 6) is 0.651. The van der Waals surface area contributed by atoms with E-state index in [0.717, 1.165) is 42.0 Å². The monoisotopic (exact) mass is 400 g/mol. The second-order valence-corrected chi connectivity index (χ2v) is 8.16. The number of hydrogen-bond acceptors (Lipinski definition) is 3. The van der Waals surface area contributed by atoms with E-state index in [4.69, 9.17) is 10.5 Å². The third-order valence-corrected chi connectivity index (χ3v) is 6.12. The molecule has 1 fully saturated rings. The summed E-state index contributed by atoms with van der Waals surface area (Å²) < 4.78 is 5.48. The van der Waals surface area contributed by atoms with Crippen LogP contribution < -0.4 is 10.5 Å². The van der Waals surface area contributed by atoms with Crippen LogP contribution in [0.15, 0.2) is 78.9 Å². The van der Waals surface area contributed by atoms with Crippen molar-refractivity contribution in [1.29, 1.82) is 0 Å². The lowest BCUT2D eigenvalue weighted by Gasteiger charge is -2.26. The summed E-state index contributed by atoms with van der Waals surface area (Å²) >= 11 is 0. The van der Waals surface area contributed by atoms with Crippen molar-refractivity contribution in [3.05, 3.63) is 90.0 Å². The molecule has 0 spiro atoms. The van der Waals surface area contributed by atoms with Crippen LogP contribution in [0, 0.1) is 5.41 Å². The normalized spacial score (nSPS) is 19.0. The van der Waals surface area contributed by atoms with Gasteiger partial charge in [0, 0.05) is 18.7 Å². The standard InChI is InChI=1S/C26H28N2O2/c1-30-24-10-6-5-9-23(24)22-13-11-20(12-14-22)17-26(25(27)29)15-16-28(19-26)18-21-7-3-2-4-8-21/h2-14H,15-19H2,1H3,(H2,27,29). The first-order chi connectivity index (χ1) is 14.6. The molecule has 1 atom stereocenters. The van der Waals surface area contributed by atoms with Crippen LogP contribution in [0.5, 0.6) is 5.75 Å². The van der Waals surface area contributed by atoms with E-state index < -0.39 is 5.41 Å². The van der Waals surface area contributed by atoms with Crippen molar-refractivity contribution >= 4 is 5.91 Å². The first-order valence-electron chi connectivity index (χ1n) is 10.4. The van der Waals surface area contributed by atoms with Crippen LogP contribution in [0.2, 0.25) is 0 Å². The van der Waals surface area contributed by atoms with E-state index in [9.17, 15) is 4.79 Å². The zero-order valence-corrected chi connectivity index (χ0v) is 17.4. The number of hydrogen-bond donors (Lipinski definition) is 1. The molecule has 3 aromatic carbocycles. The van der Waals surface area contributed by atoms with E-state index in [1.54, 1.807) is 7.11 Å². The number of primary amides is 1. The van der Waals surface area contributed by atoms with E-state index in [1.807, 2.05) is 24.3 Å². The Labute approximate surface area is 178 Å². The molecule has 30 heavy (non-hydrogen) atoms. The van der Waals surface area contributed by atoms with Crippen LogP contribution in [0.1, 0.15) is 17.5 Å². The summed E-state index contributed by atoms with van der Waals surface area (Å²) in [4.78, 5) is 14.8. The zero-order valence-electron chi connectivity index (χ0n) is 17.4. The van der Waals surface area contributed by atoms with Gasteiger partial charge in [-0.2, -0.15) is 0 Å². The minimum absolute atomic E-state index is 0.202. The van der Waals surface area contributed by atoms with Gasteiger partial charge < -0.3 is 10.5 Å². The molecule has 1 saturated heterocycles. The maximum atomic E-state index is 12.5. The van der Waals surface area contributed by atoms with E-state index in [1.165, 1.54) is 5.56 Å². The average Bonchev–Trinajstić information content (AvgIpc) is 3.19. The van der Waals surface area contributed by atoms with Gasteiger partial charge in [-0.1, -0.05) is 72.8 Å². The Morgan fingerprint density at radius 2 is 1.67 bits per heavy atom. The first-order valence-corrected chi connectivity index (χ1v) is 10.4. The van der Waals surface area contributed by atoms with Crippen molar-refractivity contribution in [3.63, 3.8) is 0 Å². The number of nitrogens with two attached hydrogens (primary N) is 1. The van der Waals surface area contributed by atoms with Gasteiger partial charge in [-0.3, -0.25) is 9.69 Å². The highest BCUT2D eigenvalue weighted by molar-refractivity contribution is 5.82. The summed E-state index contributed by atoms with van der Waals surface area (Å²) in [6.45, 7) is 2.44. The van der Waals surface area contributed by atoms with Crippen LogP contribution in [-0.4, -0.2) is 31.0 Å². The molecule has 4 nitrogen and oxygen atoms in total. The largest absolute Gasteiger partial charge is 0.496 e. The second kappa shape index (κ2) is 8.72. The third-order valence-electron chi connectivity index (χ3n) is 6.12. The molecule has 0 saturated carbocycles. The smallest absolute Gasteiger partial charge is 0.225 e. The van der Waals surface area contributed by atoms with Crippen molar-refractivity contribution < 1.29 is 9.53 Å². The van der Waals surface area contributed by atoms with Gasteiger partial charge >= 0.3 is 0 Å². The predicted octanol–water partition coefficient (Wildman–Crippen LogP) is 4.28. The molecule has 1 aliphatic heterocycles. The van der Waals surface area contributed by atoms with E-state index in [-0.39, 0.29) is 5.91 Å². The number of nitrogens with zero attached hydrogens (tertiary/aromatic N) is 1. The van der Waals surface area contributed by atoms with Crippen LogP contribution >= 0.6 is 0 Å². The topological polar surface area (TPSA) is 55.6 Å². The molecule has 1 aliphatic rings. The van der Waals surface area contributed by atoms with Crippen molar-refractivity contribution in [3.8, 4) is 16.9 Å². The first kappa shape index (κ1) is 20.2. The fourth-order valence-electron chi connectivity index (χ4n) is 4.44. The van der Waals surface area contributed by atoms with Crippen LogP contribution in [-0.2, 0) is 17.8 Å². The fraction of sp³-hybridized carbons (Fsp3) is 0.269. The number of carbonyl (C=O) groups is 1. The molecule has 1 unspecified atom stereocenters. The van der Waals surface area contributed by atoms with Crippen LogP contribution in [0.4, 0.5) is 0 Å². The number of benzene rings is 3. The molecule has 0 aliphatic carbocycles. The highest BCUT2D eigenvalue weighted by Gasteiger charge is 2.43. The molecule has 2 N–H and O–H groups in total. The zero-order chi connectivity index (χ0) is 21.0. The molecule has 1 amide bonds. The number of carbonyl (C=O) groups excluding carboxylic acids is 1.